The zero-order valence-electron chi connectivity index (χ0n) is 12.2. The summed E-state index contributed by atoms with van der Waals surface area (Å²) >= 11 is 0. The molecule has 1 amide bonds. The van der Waals surface area contributed by atoms with Crippen LogP contribution in [0.15, 0.2) is 42.5 Å². The Morgan fingerprint density at radius 2 is 1.77 bits per heavy atom. The Morgan fingerprint density at radius 3 is 2.50 bits per heavy atom. The van der Waals surface area contributed by atoms with Crippen molar-refractivity contribution in [2.24, 2.45) is 0 Å². The summed E-state index contributed by atoms with van der Waals surface area (Å²) in [6, 6.07) is 11.3. The van der Waals surface area contributed by atoms with Crippen molar-refractivity contribution < 1.29 is 18.7 Å². The lowest BCUT2D eigenvalue weighted by Crippen LogP contribution is -2.26. The maximum absolute atomic E-state index is 12.9. The average molecular weight is 301 g/mol. The van der Waals surface area contributed by atoms with Crippen LogP contribution >= 0.6 is 0 Å². The SMILES string of the molecule is CN(Cc1ccc(F)cc1)C(=O)c1ccc2c(c1)OCCO2. The van der Waals surface area contributed by atoms with Gasteiger partial charge in [-0.05, 0) is 35.9 Å². The van der Waals surface area contributed by atoms with E-state index in [0.717, 1.165) is 5.56 Å². The summed E-state index contributed by atoms with van der Waals surface area (Å²) in [4.78, 5) is 14.0. The molecule has 1 aliphatic rings. The van der Waals surface area contributed by atoms with Crippen LogP contribution < -0.4 is 9.47 Å². The molecule has 2 aromatic rings. The number of rotatable bonds is 3. The highest BCUT2D eigenvalue weighted by atomic mass is 19.1. The summed E-state index contributed by atoms with van der Waals surface area (Å²) in [5.74, 6) is 0.835. The lowest BCUT2D eigenvalue weighted by Gasteiger charge is -2.21. The van der Waals surface area contributed by atoms with E-state index >= 15 is 0 Å². The number of hydrogen-bond donors (Lipinski definition) is 0. The smallest absolute Gasteiger partial charge is 0.254 e. The second-order valence-corrected chi connectivity index (χ2v) is 5.15. The minimum atomic E-state index is -0.287. The molecule has 0 atom stereocenters. The molecule has 0 bridgehead atoms. The van der Waals surface area contributed by atoms with Gasteiger partial charge in [0.25, 0.3) is 5.91 Å². The minimum absolute atomic E-state index is 0.124. The van der Waals surface area contributed by atoms with E-state index in [0.29, 0.717) is 36.8 Å². The number of ether oxygens (including phenoxy) is 2. The molecular formula is C17H16FNO3. The summed E-state index contributed by atoms with van der Waals surface area (Å²) in [6.07, 6.45) is 0. The summed E-state index contributed by atoms with van der Waals surface area (Å²) in [5, 5.41) is 0. The van der Waals surface area contributed by atoms with Gasteiger partial charge in [0, 0.05) is 19.2 Å². The van der Waals surface area contributed by atoms with Crippen molar-refractivity contribution in [1.82, 2.24) is 4.90 Å². The fourth-order valence-electron chi connectivity index (χ4n) is 2.33. The Hall–Kier alpha value is -2.56. The van der Waals surface area contributed by atoms with E-state index < -0.39 is 0 Å². The lowest BCUT2D eigenvalue weighted by atomic mass is 10.1. The number of nitrogens with zero attached hydrogens (tertiary/aromatic N) is 1. The molecule has 3 rings (SSSR count). The van der Waals surface area contributed by atoms with Crippen molar-refractivity contribution in [1.29, 1.82) is 0 Å². The molecule has 1 heterocycles. The van der Waals surface area contributed by atoms with Gasteiger partial charge < -0.3 is 14.4 Å². The molecule has 0 spiro atoms. The minimum Gasteiger partial charge on any atom is -0.486 e. The van der Waals surface area contributed by atoms with Crippen molar-refractivity contribution >= 4 is 5.91 Å². The Kier molecular flexibility index (Phi) is 3.96. The first-order valence-electron chi connectivity index (χ1n) is 7.03. The van der Waals surface area contributed by atoms with E-state index in [2.05, 4.69) is 0 Å². The molecule has 0 radical (unpaired) electrons. The first kappa shape index (κ1) is 14.4. The number of amides is 1. The number of carbonyl (C=O) groups excluding carboxylic acids is 1. The molecule has 0 fully saturated rings. The van der Waals surface area contributed by atoms with Crippen LogP contribution in [0.4, 0.5) is 4.39 Å². The maximum Gasteiger partial charge on any atom is 0.254 e. The van der Waals surface area contributed by atoms with Gasteiger partial charge >= 0.3 is 0 Å². The van der Waals surface area contributed by atoms with Crippen LogP contribution in [0.2, 0.25) is 0 Å². The molecule has 0 N–H and O–H groups in total. The Balaban J connectivity index is 1.73. The second kappa shape index (κ2) is 6.05. The molecule has 114 valence electrons. The van der Waals surface area contributed by atoms with Gasteiger partial charge in [0.05, 0.1) is 0 Å². The summed E-state index contributed by atoms with van der Waals surface area (Å²) in [6.45, 7) is 1.41. The standard InChI is InChI=1S/C17H16FNO3/c1-19(11-12-2-5-14(18)6-3-12)17(20)13-4-7-15-16(10-13)22-9-8-21-15/h2-7,10H,8-9,11H2,1H3. The molecule has 0 saturated heterocycles. The predicted octanol–water partition coefficient (Wildman–Crippen LogP) is 2.87. The maximum atomic E-state index is 12.9. The molecule has 5 heteroatoms. The van der Waals surface area contributed by atoms with E-state index in [-0.39, 0.29) is 11.7 Å². The van der Waals surface area contributed by atoms with Gasteiger partial charge in [-0.1, -0.05) is 12.1 Å². The van der Waals surface area contributed by atoms with Gasteiger partial charge in [0.15, 0.2) is 11.5 Å². The molecule has 0 aliphatic carbocycles. The molecule has 0 saturated carbocycles. The van der Waals surface area contributed by atoms with Crippen LogP contribution in [0.3, 0.4) is 0 Å². The quantitative estimate of drug-likeness (QED) is 0.875. The van der Waals surface area contributed by atoms with Gasteiger partial charge in [-0.2, -0.15) is 0 Å². The van der Waals surface area contributed by atoms with E-state index in [4.69, 9.17) is 9.47 Å². The van der Waals surface area contributed by atoms with Crippen LogP contribution in [-0.4, -0.2) is 31.1 Å². The van der Waals surface area contributed by atoms with E-state index in [1.54, 1.807) is 42.3 Å². The fourth-order valence-corrected chi connectivity index (χ4v) is 2.33. The Bertz CT molecular complexity index is 685. The van der Waals surface area contributed by atoms with Crippen molar-refractivity contribution in [2.75, 3.05) is 20.3 Å². The van der Waals surface area contributed by atoms with Crippen molar-refractivity contribution in [3.8, 4) is 11.5 Å². The molecule has 4 nitrogen and oxygen atoms in total. The van der Waals surface area contributed by atoms with Crippen LogP contribution in [0, 0.1) is 5.82 Å². The predicted molar refractivity (Wildman–Crippen MR) is 79.6 cm³/mol. The summed E-state index contributed by atoms with van der Waals surface area (Å²) in [5.41, 5.74) is 1.41. The van der Waals surface area contributed by atoms with E-state index in [9.17, 15) is 9.18 Å². The average Bonchev–Trinajstić information content (AvgIpc) is 2.55. The molecular weight excluding hydrogens is 285 g/mol. The highest BCUT2D eigenvalue weighted by Gasteiger charge is 2.17. The fraction of sp³-hybridized carbons (Fsp3) is 0.235. The van der Waals surface area contributed by atoms with Crippen LogP contribution in [0.1, 0.15) is 15.9 Å². The number of benzene rings is 2. The van der Waals surface area contributed by atoms with Crippen LogP contribution in [0.5, 0.6) is 11.5 Å². The van der Waals surface area contributed by atoms with Gasteiger partial charge in [0.1, 0.15) is 19.0 Å². The van der Waals surface area contributed by atoms with Gasteiger partial charge in [0.2, 0.25) is 0 Å². The lowest BCUT2D eigenvalue weighted by molar-refractivity contribution is 0.0784. The Morgan fingerprint density at radius 1 is 1.09 bits per heavy atom. The number of hydrogen-bond acceptors (Lipinski definition) is 3. The largest absolute Gasteiger partial charge is 0.486 e. The number of halogens is 1. The third-order valence-corrected chi connectivity index (χ3v) is 3.47. The molecule has 0 aromatic heterocycles. The van der Waals surface area contributed by atoms with Gasteiger partial charge in [-0.15, -0.1) is 0 Å². The zero-order chi connectivity index (χ0) is 15.5. The molecule has 2 aromatic carbocycles. The topological polar surface area (TPSA) is 38.8 Å². The van der Waals surface area contributed by atoms with E-state index in [1.807, 2.05) is 0 Å². The van der Waals surface area contributed by atoms with Crippen LogP contribution in [0.25, 0.3) is 0 Å². The van der Waals surface area contributed by atoms with Gasteiger partial charge in [-0.25, -0.2) is 4.39 Å². The third kappa shape index (κ3) is 3.03. The first-order valence-corrected chi connectivity index (χ1v) is 7.03. The summed E-state index contributed by atoms with van der Waals surface area (Å²) < 4.78 is 23.8. The van der Waals surface area contributed by atoms with Crippen molar-refractivity contribution in [2.45, 2.75) is 6.54 Å². The molecule has 1 aliphatic heterocycles. The van der Waals surface area contributed by atoms with Crippen molar-refractivity contribution in [3.05, 3.63) is 59.4 Å². The molecule has 0 unspecified atom stereocenters. The first-order chi connectivity index (χ1) is 10.6. The van der Waals surface area contributed by atoms with Crippen molar-refractivity contribution in [3.63, 3.8) is 0 Å². The molecule has 22 heavy (non-hydrogen) atoms. The normalized spacial score (nSPS) is 12.8. The monoisotopic (exact) mass is 301 g/mol. The number of carbonyl (C=O) groups is 1. The highest BCUT2D eigenvalue weighted by molar-refractivity contribution is 5.94. The second-order valence-electron chi connectivity index (χ2n) is 5.15. The number of fused-ring (bicyclic) bond motifs is 1. The van der Waals surface area contributed by atoms with Gasteiger partial charge in [-0.3, -0.25) is 4.79 Å². The summed E-state index contributed by atoms with van der Waals surface area (Å²) in [7, 11) is 1.71. The highest BCUT2D eigenvalue weighted by Crippen LogP contribution is 2.31. The zero-order valence-corrected chi connectivity index (χ0v) is 12.2. The van der Waals surface area contributed by atoms with E-state index in [1.165, 1.54) is 12.1 Å². The third-order valence-electron chi connectivity index (χ3n) is 3.47. The van der Waals surface area contributed by atoms with Crippen LogP contribution in [-0.2, 0) is 6.54 Å². The Labute approximate surface area is 128 Å².